The van der Waals surface area contributed by atoms with Crippen molar-refractivity contribution in [1.29, 1.82) is 0 Å². The standard InChI is InChI=1S/C19H23N5O3/c1-12-13(6-22-24(12)17-4-2-3-5-21-17)18(26)23-8-15-14(9-25)16-7-20-10-19(15,11-23)27-16/h2-6,14-16,20,25H,7-11H2,1H3/t14-,15+,16+,19+/m0/s1. The van der Waals surface area contributed by atoms with Crippen molar-refractivity contribution in [2.24, 2.45) is 11.8 Å². The van der Waals surface area contributed by atoms with Gasteiger partial charge in [0, 0.05) is 44.3 Å². The molecule has 2 aromatic heterocycles. The van der Waals surface area contributed by atoms with Crippen LogP contribution < -0.4 is 5.32 Å². The SMILES string of the molecule is Cc1c(C(=O)N2C[C@@H]3[C@H](CO)[C@H]4CNC[C@]3(C2)O4)cnn1-c1ccccn1. The third-order valence-electron chi connectivity index (χ3n) is 6.31. The topological polar surface area (TPSA) is 92.5 Å². The lowest BCUT2D eigenvalue weighted by molar-refractivity contribution is -0.0726. The molecule has 0 saturated carbocycles. The zero-order valence-electron chi connectivity index (χ0n) is 15.2. The molecule has 3 aliphatic heterocycles. The molecule has 2 bridgehead atoms. The van der Waals surface area contributed by atoms with Crippen LogP contribution in [0.2, 0.25) is 0 Å². The number of aliphatic hydroxyl groups excluding tert-OH is 1. The zero-order chi connectivity index (χ0) is 18.6. The van der Waals surface area contributed by atoms with Crippen LogP contribution in [0.4, 0.5) is 0 Å². The summed E-state index contributed by atoms with van der Waals surface area (Å²) >= 11 is 0. The van der Waals surface area contributed by atoms with Crippen LogP contribution in [0.15, 0.2) is 30.6 Å². The molecule has 3 fully saturated rings. The van der Waals surface area contributed by atoms with Crippen LogP contribution >= 0.6 is 0 Å². The second kappa shape index (κ2) is 6.12. The van der Waals surface area contributed by atoms with E-state index in [0.717, 1.165) is 18.8 Å². The van der Waals surface area contributed by atoms with Gasteiger partial charge in [0.05, 0.1) is 30.1 Å². The summed E-state index contributed by atoms with van der Waals surface area (Å²) in [6.07, 6.45) is 3.36. The Labute approximate surface area is 157 Å². The van der Waals surface area contributed by atoms with E-state index in [4.69, 9.17) is 4.74 Å². The molecule has 5 rings (SSSR count). The second-order valence-corrected chi connectivity index (χ2v) is 7.73. The highest BCUT2D eigenvalue weighted by atomic mass is 16.5. The predicted octanol–water partition coefficient (Wildman–Crippen LogP) is -0.00298. The highest BCUT2D eigenvalue weighted by Crippen LogP contribution is 2.47. The summed E-state index contributed by atoms with van der Waals surface area (Å²) in [6.45, 7) is 4.63. The smallest absolute Gasteiger partial charge is 0.257 e. The molecular weight excluding hydrogens is 346 g/mol. The molecule has 0 radical (unpaired) electrons. The molecular formula is C19H23N5O3. The van der Waals surface area contributed by atoms with E-state index >= 15 is 0 Å². The number of aromatic nitrogens is 3. The molecule has 142 valence electrons. The van der Waals surface area contributed by atoms with Crippen molar-refractivity contribution in [1.82, 2.24) is 25.0 Å². The molecule has 4 atom stereocenters. The molecule has 0 aromatic carbocycles. The molecule has 0 aliphatic carbocycles. The molecule has 8 heteroatoms. The lowest BCUT2D eigenvalue weighted by atomic mass is 9.83. The first-order chi connectivity index (χ1) is 13.1. The molecule has 1 spiro atoms. The molecule has 0 unspecified atom stereocenters. The Morgan fingerprint density at radius 2 is 2.37 bits per heavy atom. The maximum Gasteiger partial charge on any atom is 0.257 e. The van der Waals surface area contributed by atoms with Crippen molar-refractivity contribution >= 4 is 5.91 Å². The minimum absolute atomic E-state index is 0.0409. The normalized spacial score (nSPS) is 31.9. The van der Waals surface area contributed by atoms with Crippen molar-refractivity contribution in [3.63, 3.8) is 0 Å². The zero-order valence-corrected chi connectivity index (χ0v) is 15.2. The molecule has 3 saturated heterocycles. The van der Waals surface area contributed by atoms with Crippen LogP contribution in [0.1, 0.15) is 16.1 Å². The summed E-state index contributed by atoms with van der Waals surface area (Å²) in [5, 5.41) is 17.6. The average molecular weight is 369 g/mol. The number of rotatable bonds is 3. The number of nitrogens with one attached hydrogen (secondary N) is 1. The average Bonchev–Trinajstić information content (AvgIpc) is 3.29. The molecule has 8 nitrogen and oxygen atoms in total. The van der Waals surface area contributed by atoms with E-state index in [2.05, 4.69) is 15.4 Å². The third kappa shape index (κ3) is 2.44. The second-order valence-electron chi connectivity index (χ2n) is 7.73. The summed E-state index contributed by atoms with van der Waals surface area (Å²) < 4.78 is 7.97. The van der Waals surface area contributed by atoms with Gasteiger partial charge in [-0.3, -0.25) is 4.79 Å². The van der Waals surface area contributed by atoms with Gasteiger partial charge in [-0.1, -0.05) is 6.07 Å². The number of hydrogen-bond acceptors (Lipinski definition) is 6. The van der Waals surface area contributed by atoms with Crippen molar-refractivity contribution in [3.05, 3.63) is 41.9 Å². The lowest BCUT2D eigenvalue weighted by Gasteiger charge is -2.33. The maximum absolute atomic E-state index is 13.2. The van der Waals surface area contributed by atoms with Gasteiger partial charge in [0.25, 0.3) is 5.91 Å². The minimum Gasteiger partial charge on any atom is -0.396 e. The van der Waals surface area contributed by atoms with Gasteiger partial charge in [-0.2, -0.15) is 5.10 Å². The van der Waals surface area contributed by atoms with Crippen molar-refractivity contribution in [3.8, 4) is 5.82 Å². The number of hydrogen-bond donors (Lipinski definition) is 2. The van der Waals surface area contributed by atoms with E-state index in [1.54, 1.807) is 17.1 Å². The fraction of sp³-hybridized carbons (Fsp3) is 0.526. The summed E-state index contributed by atoms with van der Waals surface area (Å²) in [7, 11) is 0. The Bertz CT molecular complexity index is 869. The Hall–Kier alpha value is -2.29. The van der Waals surface area contributed by atoms with E-state index in [-0.39, 0.29) is 36.1 Å². The Kier molecular flexibility index (Phi) is 3.82. The summed E-state index contributed by atoms with van der Waals surface area (Å²) in [5.41, 5.74) is 0.974. The van der Waals surface area contributed by atoms with Crippen LogP contribution in [0.25, 0.3) is 5.82 Å². The first-order valence-corrected chi connectivity index (χ1v) is 9.38. The van der Waals surface area contributed by atoms with Gasteiger partial charge in [0.1, 0.15) is 5.60 Å². The number of pyridine rings is 1. The number of likely N-dealkylation sites (tertiary alicyclic amines) is 1. The van der Waals surface area contributed by atoms with Crippen LogP contribution in [0.5, 0.6) is 0 Å². The number of amides is 1. The van der Waals surface area contributed by atoms with E-state index < -0.39 is 0 Å². The third-order valence-corrected chi connectivity index (χ3v) is 6.31. The Morgan fingerprint density at radius 1 is 1.48 bits per heavy atom. The summed E-state index contributed by atoms with van der Waals surface area (Å²) in [5.74, 6) is 0.891. The number of carbonyl (C=O) groups is 1. The lowest BCUT2D eigenvalue weighted by Crippen LogP contribution is -2.52. The van der Waals surface area contributed by atoms with Gasteiger partial charge in [-0.15, -0.1) is 0 Å². The van der Waals surface area contributed by atoms with E-state index in [9.17, 15) is 9.90 Å². The fourth-order valence-corrected chi connectivity index (χ4v) is 4.95. The van der Waals surface area contributed by atoms with Gasteiger partial charge in [0.2, 0.25) is 0 Å². The van der Waals surface area contributed by atoms with Crippen LogP contribution in [0, 0.1) is 18.8 Å². The fourth-order valence-electron chi connectivity index (χ4n) is 4.95. The Balaban J connectivity index is 1.41. The highest BCUT2D eigenvalue weighted by Gasteiger charge is 2.61. The van der Waals surface area contributed by atoms with E-state index in [1.807, 2.05) is 30.0 Å². The summed E-state index contributed by atoms with van der Waals surface area (Å²) in [4.78, 5) is 19.4. The highest BCUT2D eigenvalue weighted by molar-refractivity contribution is 5.95. The van der Waals surface area contributed by atoms with Crippen LogP contribution in [-0.4, -0.2) is 75.2 Å². The monoisotopic (exact) mass is 369 g/mol. The number of morpholine rings is 1. The molecule has 2 N–H and O–H groups in total. The number of ether oxygens (including phenoxy) is 1. The number of nitrogens with zero attached hydrogens (tertiary/aromatic N) is 4. The van der Waals surface area contributed by atoms with Gasteiger partial charge in [0.15, 0.2) is 5.82 Å². The predicted molar refractivity (Wildman–Crippen MR) is 96.5 cm³/mol. The number of aliphatic hydroxyl groups is 1. The Morgan fingerprint density at radius 3 is 3.15 bits per heavy atom. The van der Waals surface area contributed by atoms with Gasteiger partial charge in [-0.05, 0) is 19.1 Å². The maximum atomic E-state index is 13.2. The molecule has 1 amide bonds. The van der Waals surface area contributed by atoms with Gasteiger partial charge >= 0.3 is 0 Å². The quantitative estimate of drug-likeness (QED) is 0.791. The number of fused-ring (bicyclic) bond motifs is 1. The van der Waals surface area contributed by atoms with Gasteiger partial charge in [-0.25, -0.2) is 9.67 Å². The largest absolute Gasteiger partial charge is 0.396 e. The molecule has 27 heavy (non-hydrogen) atoms. The summed E-state index contributed by atoms with van der Waals surface area (Å²) in [6, 6.07) is 5.60. The van der Waals surface area contributed by atoms with Gasteiger partial charge < -0.3 is 20.1 Å². The number of carbonyl (C=O) groups excluding carboxylic acids is 1. The molecule has 5 heterocycles. The van der Waals surface area contributed by atoms with Crippen molar-refractivity contribution in [2.45, 2.75) is 18.6 Å². The van der Waals surface area contributed by atoms with E-state index in [0.29, 0.717) is 24.5 Å². The van der Waals surface area contributed by atoms with Crippen LogP contribution in [-0.2, 0) is 4.74 Å². The van der Waals surface area contributed by atoms with Crippen LogP contribution in [0.3, 0.4) is 0 Å². The molecule has 2 aromatic rings. The van der Waals surface area contributed by atoms with Crippen molar-refractivity contribution < 1.29 is 14.6 Å². The first-order valence-electron chi connectivity index (χ1n) is 9.38. The minimum atomic E-state index is -0.378. The molecule has 3 aliphatic rings. The van der Waals surface area contributed by atoms with E-state index in [1.165, 1.54) is 0 Å². The van der Waals surface area contributed by atoms with Crippen molar-refractivity contribution in [2.75, 3.05) is 32.8 Å². The first kappa shape index (κ1) is 16.9.